The summed E-state index contributed by atoms with van der Waals surface area (Å²) < 4.78 is 6.77. The summed E-state index contributed by atoms with van der Waals surface area (Å²) in [6.07, 6.45) is 6.47. The van der Waals surface area contributed by atoms with Gasteiger partial charge in [0.25, 0.3) is 0 Å². The van der Waals surface area contributed by atoms with Crippen molar-refractivity contribution >= 4 is 23.5 Å². The van der Waals surface area contributed by atoms with E-state index in [2.05, 4.69) is 10.3 Å². The lowest BCUT2D eigenvalue weighted by Gasteiger charge is -2.05. The molecule has 0 aliphatic carbocycles. The lowest BCUT2D eigenvalue weighted by Crippen LogP contribution is -2.10. The van der Waals surface area contributed by atoms with Crippen LogP contribution < -0.4 is 10.1 Å². The van der Waals surface area contributed by atoms with Crippen LogP contribution in [0.3, 0.4) is 0 Å². The first kappa shape index (κ1) is 18.1. The van der Waals surface area contributed by atoms with E-state index < -0.39 is 0 Å². The maximum atomic E-state index is 12.4. The number of rotatable bonds is 6. The Kier molecular flexibility index (Phi) is 5.47. The van der Waals surface area contributed by atoms with Crippen molar-refractivity contribution in [2.45, 2.75) is 0 Å². The summed E-state index contributed by atoms with van der Waals surface area (Å²) in [5.74, 6) is 0.708. The molecule has 136 valence electrons. The van der Waals surface area contributed by atoms with Gasteiger partial charge < -0.3 is 14.6 Å². The Morgan fingerprint density at radius 1 is 1.07 bits per heavy atom. The van der Waals surface area contributed by atoms with Crippen molar-refractivity contribution < 1.29 is 14.3 Å². The molecule has 1 heterocycles. The van der Waals surface area contributed by atoms with Crippen LogP contribution in [0.1, 0.15) is 21.7 Å². The molecule has 2 aromatic carbocycles. The molecule has 0 aliphatic heterocycles. The van der Waals surface area contributed by atoms with Crippen molar-refractivity contribution in [1.82, 2.24) is 9.55 Å². The second-order valence-electron chi connectivity index (χ2n) is 5.86. The average Bonchev–Trinajstić information content (AvgIpc) is 3.12. The smallest absolute Gasteiger partial charge is 0.248 e. The fourth-order valence-corrected chi connectivity index (χ4v) is 2.49. The van der Waals surface area contributed by atoms with E-state index in [1.165, 1.54) is 6.08 Å². The molecule has 1 N–H and O–H groups in total. The largest absolute Gasteiger partial charge is 0.497 e. The standard InChI is InChI=1S/C21H19N3O3/c1-24-14-13-22-21(24)20(26)16-6-8-17(9-7-16)23-19(25)12-5-15-3-10-18(27-2)11-4-15/h3-14H,1-2H3,(H,23,25)/b12-5+. The number of benzene rings is 2. The van der Waals surface area contributed by atoms with Crippen molar-refractivity contribution in [3.8, 4) is 5.75 Å². The second kappa shape index (κ2) is 8.14. The van der Waals surface area contributed by atoms with E-state index in [-0.39, 0.29) is 11.7 Å². The summed E-state index contributed by atoms with van der Waals surface area (Å²) in [4.78, 5) is 28.5. The van der Waals surface area contributed by atoms with Gasteiger partial charge in [-0.15, -0.1) is 0 Å². The van der Waals surface area contributed by atoms with Gasteiger partial charge in [-0.05, 0) is 48.0 Å². The van der Waals surface area contributed by atoms with Gasteiger partial charge in [-0.3, -0.25) is 9.59 Å². The number of methoxy groups -OCH3 is 1. The lowest BCUT2D eigenvalue weighted by atomic mass is 10.1. The zero-order chi connectivity index (χ0) is 19.2. The predicted octanol–water partition coefficient (Wildman–Crippen LogP) is 3.31. The molecule has 6 nitrogen and oxygen atoms in total. The molecular weight excluding hydrogens is 342 g/mol. The number of anilines is 1. The fraction of sp³-hybridized carbons (Fsp3) is 0.0952. The van der Waals surface area contributed by atoms with Gasteiger partial charge in [0.2, 0.25) is 11.7 Å². The summed E-state index contributed by atoms with van der Waals surface area (Å²) in [6.45, 7) is 0. The Labute approximate surface area is 157 Å². The number of nitrogens with one attached hydrogen (secondary N) is 1. The third kappa shape index (κ3) is 4.49. The highest BCUT2D eigenvalue weighted by Crippen LogP contribution is 2.14. The molecular formula is C21H19N3O3. The van der Waals surface area contributed by atoms with E-state index in [0.29, 0.717) is 17.1 Å². The van der Waals surface area contributed by atoms with E-state index in [4.69, 9.17) is 4.74 Å². The minimum Gasteiger partial charge on any atom is -0.497 e. The van der Waals surface area contributed by atoms with Crippen LogP contribution in [-0.4, -0.2) is 28.4 Å². The third-order valence-corrected chi connectivity index (χ3v) is 3.98. The summed E-state index contributed by atoms with van der Waals surface area (Å²) >= 11 is 0. The van der Waals surface area contributed by atoms with Gasteiger partial charge in [0.15, 0.2) is 5.82 Å². The van der Waals surface area contributed by atoms with Crippen LogP contribution in [0.4, 0.5) is 5.69 Å². The van der Waals surface area contributed by atoms with E-state index in [9.17, 15) is 9.59 Å². The molecule has 0 spiro atoms. The summed E-state index contributed by atoms with van der Waals surface area (Å²) in [7, 11) is 3.37. The van der Waals surface area contributed by atoms with Crippen molar-refractivity contribution in [1.29, 1.82) is 0 Å². The number of aryl methyl sites for hydroxylation is 1. The molecule has 0 aliphatic rings. The number of carbonyl (C=O) groups excluding carboxylic acids is 2. The minimum atomic E-state index is -0.256. The van der Waals surface area contributed by atoms with Gasteiger partial charge >= 0.3 is 0 Å². The molecule has 3 aromatic rings. The quantitative estimate of drug-likeness (QED) is 0.540. The minimum absolute atomic E-state index is 0.167. The topological polar surface area (TPSA) is 73.2 Å². The van der Waals surface area contributed by atoms with Crippen LogP contribution in [-0.2, 0) is 11.8 Å². The van der Waals surface area contributed by atoms with E-state index in [1.54, 1.807) is 61.5 Å². The van der Waals surface area contributed by atoms with Gasteiger partial charge in [-0.1, -0.05) is 12.1 Å². The molecule has 0 fully saturated rings. The molecule has 27 heavy (non-hydrogen) atoms. The molecule has 0 saturated heterocycles. The summed E-state index contributed by atoms with van der Waals surface area (Å²) in [5.41, 5.74) is 2.01. The van der Waals surface area contributed by atoms with Crippen LogP contribution in [0.15, 0.2) is 67.0 Å². The number of carbonyl (C=O) groups is 2. The molecule has 0 unspecified atom stereocenters. The van der Waals surface area contributed by atoms with Crippen LogP contribution >= 0.6 is 0 Å². The third-order valence-electron chi connectivity index (χ3n) is 3.98. The number of hydrogen-bond donors (Lipinski definition) is 1. The summed E-state index contributed by atoms with van der Waals surface area (Å²) in [6, 6.07) is 14.1. The Morgan fingerprint density at radius 2 is 1.78 bits per heavy atom. The van der Waals surface area contributed by atoms with Crippen LogP contribution in [0.2, 0.25) is 0 Å². The van der Waals surface area contributed by atoms with Crippen molar-refractivity contribution in [2.75, 3.05) is 12.4 Å². The maximum absolute atomic E-state index is 12.4. The fourth-order valence-electron chi connectivity index (χ4n) is 2.49. The van der Waals surface area contributed by atoms with E-state index in [0.717, 1.165) is 11.3 Å². The van der Waals surface area contributed by atoms with Crippen molar-refractivity contribution in [3.63, 3.8) is 0 Å². The average molecular weight is 361 g/mol. The SMILES string of the molecule is COc1ccc(/C=C/C(=O)Nc2ccc(C(=O)c3nccn3C)cc2)cc1. The number of ketones is 1. The molecule has 0 radical (unpaired) electrons. The Hall–Kier alpha value is -3.67. The second-order valence-corrected chi connectivity index (χ2v) is 5.86. The first-order valence-electron chi connectivity index (χ1n) is 8.32. The number of amides is 1. The molecule has 0 bridgehead atoms. The maximum Gasteiger partial charge on any atom is 0.248 e. The van der Waals surface area contributed by atoms with Gasteiger partial charge in [0.05, 0.1) is 7.11 Å². The highest BCUT2D eigenvalue weighted by Gasteiger charge is 2.13. The predicted molar refractivity (Wildman–Crippen MR) is 104 cm³/mol. The number of imidazole rings is 1. The van der Waals surface area contributed by atoms with Gasteiger partial charge in [0, 0.05) is 36.8 Å². The lowest BCUT2D eigenvalue weighted by molar-refractivity contribution is -0.111. The number of aromatic nitrogens is 2. The van der Waals surface area contributed by atoms with E-state index in [1.807, 2.05) is 24.3 Å². The monoisotopic (exact) mass is 361 g/mol. The summed E-state index contributed by atoms with van der Waals surface area (Å²) in [5, 5.41) is 2.76. The van der Waals surface area contributed by atoms with Gasteiger partial charge in [-0.2, -0.15) is 0 Å². The molecule has 6 heteroatoms. The Morgan fingerprint density at radius 3 is 2.37 bits per heavy atom. The first-order chi connectivity index (χ1) is 13.1. The highest BCUT2D eigenvalue weighted by atomic mass is 16.5. The molecule has 0 saturated carbocycles. The zero-order valence-corrected chi connectivity index (χ0v) is 15.0. The van der Waals surface area contributed by atoms with Crippen molar-refractivity contribution in [3.05, 3.63) is 84.0 Å². The number of hydrogen-bond acceptors (Lipinski definition) is 4. The zero-order valence-electron chi connectivity index (χ0n) is 15.0. The molecule has 0 atom stereocenters. The van der Waals surface area contributed by atoms with E-state index >= 15 is 0 Å². The van der Waals surface area contributed by atoms with Crippen LogP contribution in [0.5, 0.6) is 5.75 Å². The Balaban J connectivity index is 1.62. The normalized spacial score (nSPS) is 10.7. The number of nitrogens with zero attached hydrogens (tertiary/aromatic N) is 2. The highest BCUT2D eigenvalue weighted by molar-refractivity contribution is 6.07. The molecule has 3 rings (SSSR count). The van der Waals surface area contributed by atoms with Gasteiger partial charge in [-0.25, -0.2) is 4.98 Å². The van der Waals surface area contributed by atoms with Crippen LogP contribution in [0.25, 0.3) is 6.08 Å². The molecule has 1 amide bonds. The Bertz CT molecular complexity index is 971. The molecule has 1 aromatic heterocycles. The first-order valence-corrected chi connectivity index (χ1v) is 8.32. The van der Waals surface area contributed by atoms with Crippen LogP contribution in [0, 0.1) is 0 Å². The van der Waals surface area contributed by atoms with Crippen molar-refractivity contribution in [2.24, 2.45) is 7.05 Å². The number of ether oxygens (including phenoxy) is 1. The van der Waals surface area contributed by atoms with Gasteiger partial charge in [0.1, 0.15) is 5.75 Å².